The summed E-state index contributed by atoms with van der Waals surface area (Å²) in [7, 11) is 0.720. The molecule has 0 saturated carbocycles. The van der Waals surface area contributed by atoms with Crippen molar-refractivity contribution >= 4 is 10.0 Å². The van der Waals surface area contributed by atoms with Crippen LogP contribution in [-0.4, -0.2) is 129 Å². The van der Waals surface area contributed by atoms with Gasteiger partial charge in [0.25, 0.3) is 11.3 Å². The SMILES string of the molecule is C[N+](C)(O)CCCN(CCC[N+](C)(C)O)S(=O)(=O)CCCC(CC(F)(C(F)(F)F)C(F)(F)F)CC(F)(C(F)(F)F)C(F)(F)F. The maximum absolute atomic E-state index is 14.4. The van der Waals surface area contributed by atoms with E-state index in [0.29, 0.717) is 0 Å². The first-order valence-corrected chi connectivity index (χ1v) is 14.4. The van der Waals surface area contributed by atoms with Crippen molar-refractivity contribution in [3.05, 3.63) is 0 Å². The molecule has 0 aliphatic rings. The van der Waals surface area contributed by atoms with Crippen LogP contribution in [0.3, 0.4) is 0 Å². The monoisotopic (exact) mass is 705 g/mol. The molecule has 266 valence electrons. The molecule has 0 rings (SSSR count). The molecule has 0 saturated heterocycles. The van der Waals surface area contributed by atoms with Gasteiger partial charge in [-0.1, -0.05) is 0 Å². The molecular formula is C22H37F14N3O4S+2. The minimum absolute atomic E-state index is 0.0220. The number of rotatable bonds is 17. The van der Waals surface area contributed by atoms with Crippen molar-refractivity contribution in [2.75, 3.05) is 60.1 Å². The highest BCUT2D eigenvalue weighted by Crippen LogP contribution is 2.55. The largest absolute Gasteiger partial charge is 0.431 e. The van der Waals surface area contributed by atoms with Crippen LogP contribution in [0.5, 0.6) is 0 Å². The summed E-state index contributed by atoms with van der Waals surface area (Å²) in [4.78, 5) is 0. The van der Waals surface area contributed by atoms with Crippen LogP contribution in [0.2, 0.25) is 0 Å². The molecule has 0 aromatic rings. The zero-order valence-electron chi connectivity index (χ0n) is 24.1. The average Bonchev–Trinajstić information content (AvgIpc) is 2.72. The average molecular weight is 706 g/mol. The van der Waals surface area contributed by atoms with Crippen molar-refractivity contribution in [2.24, 2.45) is 5.92 Å². The van der Waals surface area contributed by atoms with E-state index in [9.17, 15) is 80.3 Å². The van der Waals surface area contributed by atoms with Gasteiger partial charge >= 0.3 is 24.7 Å². The highest BCUT2D eigenvalue weighted by atomic mass is 32.2. The molecule has 0 bridgehead atoms. The van der Waals surface area contributed by atoms with Crippen LogP contribution in [0.25, 0.3) is 0 Å². The van der Waals surface area contributed by atoms with Gasteiger partial charge < -0.3 is 0 Å². The fraction of sp³-hybridized carbons (Fsp3) is 1.00. The van der Waals surface area contributed by atoms with Gasteiger partial charge in [-0.15, -0.1) is 0 Å². The minimum Gasteiger partial charge on any atom is -0.224 e. The molecule has 0 aromatic heterocycles. The van der Waals surface area contributed by atoms with E-state index in [2.05, 4.69) is 0 Å². The number of hydroxylamine groups is 6. The Kier molecular flexibility index (Phi) is 13.9. The predicted octanol–water partition coefficient (Wildman–Crippen LogP) is 6.17. The van der Waals surface area contributed by atoms with E-state index in [-0.39, 0.29) is 39.0 Å². The topological polar surface area (TPSA) is 77.8 Å². The summed E-state index contributed by atoms with van der Waals surface area (Å²) in [6, 6.07) is 0. The number of quaternary nitrogens is 2. The zero-order valence-corrected chi connectivity index (χ0v) is 24.9. The van der Waals surface area contributed by atoms with E-state index < -0.39 is 92.7 Å². The Morgan fingerprint density at radius 2 is 0.886 bits per heavy atom. The summed E-state index contributed by atoms with van der Waals surface area (Å²) in [6.07, 6.45) is -36.6. The lowest BCUT2D eigenvalue weighted by molar-refractivity contribution is -1.07. The summed E-state index contributed by atoms with van der Waals surface area (Å²) in [6.45, 7) is -0.732. The molecule has 2 N–H and O–H groups in total. The third-order valence-corrected chi connectivity index (χ3v) is 8.53. The molecule has 0 radical (unpaired) electrons. The van der Waals surface area contributed by atoms with Gasteiger partial charge in [0.05, 0.1) is 33.9 Å². The van der Waals surface area contributed by atoms with Crippen molar-refractivity contribution in [3.63, 3.8) is 0 Å². The summed E-state index contributed by atoms with van der Waals surface area (Å²) < 4.78 is 211. The van der Waals surface area contributed by atoms with Crippen LogP contribution in [0.15, 0.2) is 0 Å². The highest BCUT2D eigenvalue weighted by Gasteiger charge is 2.75. The molecular weight excluding hydrogens is 668 g/mol. The summed E-state index contributed by atoms with van der Waals surface area (Å²) in [5.41, 5.74) is -12.7. The van der Waals surface area contributed by atoms with E-state index in [0.717, 1.165) is 4.31 Å². The first kappa shape index (κ1) is 42.8. The second-order valence-corrected chi connectivity index (χ2v) is 13.7. The molecule has 0 aliphatic carbocycles. The lowest BCUT2D eigenvalue weighted by Crippen LogP contribution is -2.57. The molecule has 7 nitrogen and oxygen atoms in total. The molecule has 0 aromatic carbocycles. The van der Waals surface area contributed by atoms with Gasteiger partial charge in [0.15, 0.2) is 0 Å². The minimum atomic E-state index is -6.89. The van der Waals surface area contributed by atoms with Crippen molar-refractivity contribution in [3.8, 4) is 0 Å². The van der Waals surface area contributed by atoms with Crippen molar-refractivity contribution in [1.82, 2.24) is 4.31 Å². The van der Waals surface area contributed by atoms with Crippen LogP contribution < -0.4 is 0 Å². The Hall–Kier alpha value is -1.23. The normalized spacial score (nSPS) is 15.5. The van der Waals surface area contributed by atoms with Gasteiger partial charge in [0, 0.05) is 38.8 Å². The van der Waals surface area contributed by atoms with Crippen LogP contribution in [-0.2, 0) is 10.0 Å². The molecule has 0 fully saturated rings. The number of hydrogen-bond donors (Lipinski definition) is 2. The van der Waals surface area contributed by atoms with Gasteiger partial charge in [-0.3, -0.25) is 0 Å². The Morgan fingerprint density at radius 3 is 1.14 bits per heavy atom. The second kappa shape index (κ2) is 14.3. The lowest BCUT2D eigenvalue weighted by Gasteiger charge is -2.37. The van der Waals surface area contributed by atoms with Crippen LogP contribution in [0.1, 0.15) is 38.5 Å². The van der Waals surface area contributed by atoms with Crippen molar-refractivity contribution < 1.29 is 89.6 Å². The third kappa shape index (κ3) is 12.5. The number of alkyl halides is 14. The number of halogens is 14. The molecule has 0 aliphatic heterocycles. The number of hydrogen-bond acceptors (Lipinski definition) is 4. The van der Waals surface area contributed by atoms with Gasteiger partial charge in [-0.2, -0.15) is 62.0 Å². The van der Waals surface area contributed by atoms with Crippen molar-refractivity contribution in [2.45, 2.75) is 74.6 Å². The molecule has 22 heteroatoms. The van der Waals surface area contributed by atoms with Gasteiger partial charge in [-0.05, 0) is 18.8 Å². The molecule has 44 heavy (non-hydrogen) atoms. The van der Waals surface area contributed by atoms with Gasteiger partial charge in [-0.25, -0.2) is 31.9 Å². The van der Waals surface area contributed by atoms with E-state index in [1.165, 1.54) is 28.2 Å². The summed E-state index contributed by atoms with van der Waals surface area (Å²) >= 11 is 0. The van der Waals surface area contributed by atoms with Gasteiger partial charge in [0.2, 0.25) is 10.0 Å². The number of nitrogens with zero attached hydrogens (tertiary/aromatic N) is 3. The first-order chi connectivity index (χ1) is 19.1. The predicted molar refractivity (Wildman–Crippen MR) is 126 cm³/mol. The van der Waals surface area contributed by atoms with Crippen LogP contribution in [0, 0.1) is 5.92 Å². The molecule has 0 unspecified atom stereocenters. The quantitative estimate of drug-likeness (QED) is 0.108. The standard InChI is InChI=1S/C22H37F14N3O4S/c1-38(2,40)11-6-9-37(10-7-12-39(3,4)41)44(42,43)13-5-8-16(14-17(23,19(25,26)27)20(28,29)30)15-18(24,21(31,32)33)22(34,35)36/h16,40-41H,5-15H2,1-4H3/q+2. The Bertz CT molecular complexity index is 912. The van der Waals surface area contributed by atoms with Crippen molar-refractivity contribution in [1.29, 1.82) is 0 Å². The maximum atomic E-state index is 14.4. The van der Waals surface area contributed by atoms with Crippen LogP contribution >= 0.6 is 0 Å². The molecule has 0 amide bonds. The van der Waals surface area contributed by atoms with E-state index in [1.54, 1.807) is 0 Å². The Balaban J connectivity index is 6.32. The van der Waals surface area contributed by atoms with E-state index in [4.69, 9.17) is 0 Å². The van der Waals surface area contributed by atoms with E-state index >= 15 is 0 Å². The molecule has 0 spiro atoms. The fourth-order valence-electron chi connectivity index (χ4n) is 4.20. The fourth-order valence-corrected chi connectivity index (χ4v) is 5.80. The van der Waals surface area contributed by atoms with Crippen LogP contribution in [0.4, 0.5) is 61.5 Å². The molecule has 0 atom stereocenters. The van der Waals surface area contributed by atoms with Gasteiger partial charge in [0.1, 0.15) is 13.1 Å². The smallest absolute Gasteiger partial charge is 0.224 e. The second-order valence-electron chi connectivity index (χ2n) is 11.6. The summed E-state index contributed by atoms with van der Waals surface area (Å²) in [5, 5.41) is 19.6. The maximum Gasteiger partial charge on any atom is 0.431 e. The Morgan fingerprint density at radius 1 is 0.591 bits per heavy atom. The zero-order chi connectivity index (χ0) is 35.4. The lowest BCUT2D eigenvalue weighted by atomic mass is 9.80. The first-order valence-electron chi connectivity index (χ1n) is 12.8. The Labute approximate surface area is 245 Å². The molecule has 0 heterocycles. The van der Waals surface area contributed by atoms with E-state index in [1.807, 2.05) is 0 Å². The third-order valence-electron chi connectivity index (χ3n) is 6.57. The summed E-state index contributed by atoms with van der Waals surface area (Å²) in [5.74, 6) is -4.49. The highest BCUT2D eigenvalue weighted by molar-refractivity contribution is 7.89. The number of sulfonamides is 1.